The second kappa shape index (κ2) is 13.4. The summed E-state index contributed by atoms with van der Waals surface area (Å²) in [6.07, 6.45) is 0.255. The number of likely N-dealkylation sites (tertiary alicyclic amines) is 1. The molecule has 14 heteroatoms. The van der Waals surface area contributed by atoms with Crippen LogP contribution in [0.2, 0.25) is 10.0 Å². The average molecular weight is 748 g/mol. The zero-order valence-corrected chi connectivity index (χ0v) is 30.0. The largest absolute Gasteiger partial charge is 0.481 e. The van der Waals surface area contributed by atoms with E-state index in [1.807, 2.05) is 25.1 Å². The van der Waals surface area contributed by atoms with Crippen LogP contribution < -0.4 is 15.6 Å². The van der Waals surface area contributed by atoms with E-state index in [0.29, 0.717) is 57.4 Å². The van der Waals surface area contributed by atoms with Crippen molar-refractivity contribution in [3.8, 4) is 28.3 Å². The lowest BCUT2D eigenvalue weighted by molar-refractivity contribution is -0.145. The number of halogens is 4. The maximum absolute atomic E-state index is 13.8. The van der Waals surface area contributed by atoms with Crippen molar-refractivity contribution < 1.29 is 23.0 Å². The Labute approximate surface area is 307 Å². The molecule has 1 unspecified atom stereocenters. The molecule has 4 heterocycles. The first kappa shape index (κ1) is 34.4. The second-order valence-corrected chi connectivity index (χ2v) is 14.2. The molecule has 2 aromatic carbocycles. The fourth-order valence-electron chi connectivity index (χ4n) is 8.02. The summed E-state index contributed by atoms with van der Waals surface area (Å²) in [5, 5.41) is 7.99. The van der Waals surface area contributed by atoms with Gasteiger partial charge >= 0.3 is 5.97 Å². The lowest BCUT2D eigenvalue weighted by Crippen LogP contribution is -2.30. The molecule has 1 saturated heterocycles. The summed E-state index contributed by atoms with van der Waals surface area (Å²) in [6, 6.07) is 14.2. The Hall–Kier alpha value is -4.65. The van der Waals surface area contributed by atoms with Crippen LogP contribution in [-0.2, 0) is 23.0 Å². The zero-order valence-electron chi connectivity index (χ0n) is 28.5. The van der Waals surface area contributed by atoms with Gasteiger partial charge in [0.25, 0.3) is 12.0 Å². The number of aryl methyl sites for hydroxylation is 2. The van der Waals surface area contributed by atoms with Crippen LogP contribution in [0, 0.1) is 17.8 Å². The van der Waals surface area contributed by atoms with Gasteiger partial charge in [0, 0.05) is 53.8 Å². The molecule has 5 aromatic rings. The van der Waals surface area contributed by atoms with Gasteiger partial charge in [-0.15, -0.1) is 0 Å². The van der Waals surface area contributed by atoms with Gasteiger partial charge < -0.3 is 14.8 Å². The Morgan fingerprint density at radius 1 is 1.04 bits per heavy atom. The number of aromatic nitrogens is 4. The van der Waals surface area contributed by atoms with Crippen LogP contribution in [0.4, 0.5) is 20.3 Å². The standard InChI is InChI=1S/C38H34Cl2F2N6O4/c1-4-52-38(50)31-23-16-48(17-24(23)31)28-12-11-18-13-26(46-36(51-3)29(18)28)22-9-5-7-20(32(22)39)21-8-6-10-25(33(21)40)44-35-30-19(14-27(45-35)34(41)42)15-43-47(2)37(30)49/h5-10,13-15,23-24,28,31,34H,4,11-12,16-17H2,1-3H3,(H,44,45)/t23-,24+,28-,31?/m1/s1. The number of rotatable bonds is 9. The zero-order chi connectivity index (χ0) is 36.4. The van der Waals surface area contributed by atoms with Gasteiger partial charge in [-0.25, -0.2) is 23.4 Å². The van der Waals surface area contributed by atoms with E-state index in [9.17, 15) is 18.4 Å². The Kier molecular flexibility index (Phi) is 8.87. The van der Waals surface area contributed by atoms with E-state index in [2.05, 4.69) is 26.4 Å². The van der Waals surface area contributed by atoms with Crippen molar-refractivity contribution in [3.05, 3.63) is 91.9 Å². The fraction of sp³-hybridized carbons (Fsp3) is 0.342. The first-order chi connectivity index (χ1) is 25.1. The third-order valence-corrected chi connectivity index (χ3v) is 11.3. The highest BCUT2D eigenvalue weighted by molar-refractivity contribution is 6.39. The fourth-order valence-corrected chi connectivity index (χ4v) is 8.62. The molecule has 2 fully saturated rings. The highest BCUT2D eigenvalue weighted by Gasteiger charge is 2.61. The molecular weight excluding hydrogens is 713 g/mol. The first-order valence-corrected chi connectivity index (χ1v) is 17.8. The molecule has 4 atom stereocenters. The van der Waals surface area contributed by atoms with E-state index in [4.69, 9.17) is 37.7 Å². The molecule has 268 valence electrons. The summed E-state index contributed by atoms with van der Waals surface area (Å²) in [5.74, 6) is 1.10. The van der Waals surface area contributed by atoms with Crippen LogP contribution in [0.3, 0.4) is 0 Å². The molecule has 3 aromatic heterocycles. The minimum absolute atomic E-state index is 0.0127. The molecule has 52 heavy (non-hydrogen) atoms. The van der Waals surface area contributed by atoms with Crippen molar-refractivity contribution in [3.63, 3.8) is 0 Å². The highest BCUT2D eigenvalue weighted by atomic mass is 35.5. The van der Waals surface area contributed by atoms with Crippen LogP contribution in [-0.4, -0.2) is 57.4 Å². The minimum atomic E-state index is -2.87. The van der Waals surface area contributed by atoms with E-state index in [0.717, 1.165) is 47.8 Å². The van der Waals surface area contributed by atoms with E-state index in [1.54, 1.807) is 25.3 Å². The highest BCUT2D eigenvalue weighted by Crippen LogP contribution is 2.56. The number of piperidine rings is 1. The molecule has 2 aliphatic carbocycles. The Bertz CT molecular complexity index is 2310. The lowest BCUT2D eigenvalue weighted by Gasteiger charge is -2.28. The monoisotopic (exact) mass is 746 g/mol. The van der Waals surface area contributed by atoms with Crippen molar-refractivity contribution in [2.24, 2.45) is 24.8 Å². The molecule has 10 nitrogen and oxygen atoms in total. The van der Waals surface area contributed by atoms with Crippen LogP contribution in [0.1, 0.15) is 42.6 Å². The van der Waals surface area contributed by atoms with E-state index < -0.39 is 17.7 Å². The molecular formula is C38H34Cl2F2N6O4. The Morgan fingerprint density at radius 2 is 1.75 bits per heavy atom. The van der Waals surface area contributed by atoms with Crippen molar-refractivity contribution in [1.82, 2.24) is 24.6 Å². The molecule has 1 aliphatic heterocycles. The van der Waals surface area contributed by atoms with Gasteiger partial charge in [-0.2, -0.15) is 5.10 Å². The third-order valence-electron chi connectivity index (χ3n) is 10.5. The third kappa shape index (κ3) is 5.77. The number of pyridine rings is 2. The van der Waals surface area contributed by atoms with Crippen molar-refractivity contribution >= 4 is 51.4 Å². The predicted octanol–water partition coefficient (Wildman–Crippen LogP) is 7.78. The van der Waals surface area contributed by atoms with Crippen LogP contribution >= 0.6 is 23.2 Å². The number of esters is 1. The summed E-state index contributed by atoms with van der Waals surface area (Å²) < 4.78 is 39.9. The number of nitrogens with one attached hydrogen (secondary N) is 1. The molecule has 0 radical (unpaired) electrons. The topological polar surface area (TPSA) is 111 Å². The van der Waals surface area contributed by atoms with E-state index >= 15 is 0 Å². The SMILES string of the molecule is CCOC(=O)C1[C@H]2CN([C@@H]3CCc4cc(-c5cccc(-c6cccc(Nc7nc(C(F)F)cc8cnn(C)c(=O)c78)c6Cl)c5Cl)nc(OC)c43)C[C@@H]12. The van der Waals surface area contributed by atoms with E-state index in [-0.39, 0.29) is 39.5 Å². The van der Waals surface area contributed by atoms with Gasteiger partial charge in [0.1, 0.15) is 11.5 Å². The molecule has 8 rings (SSSR count). The first-order valence-electron chi connectivity index (χ1n) is 17.1. The maximum atomic E-state index is 13.8. The number of methoxy groups -OCH3 is 1. The van der Waals surface area contributed by atoms with Gasteiger partial charge in [0.05, 0.1) is 52.6 Å². The normalized spacial score (nSPS) is 20.6. The number of alkyl halides is 2. The molecule has 0 amide bonds. The van der Waals surface area contributed by atoms with Crippen LogP contribution in [0.25, 0.3) is 33.2 Å². The summed E-state index contributed by atoms with van der Waals surface area (Å²) >= 11 is 14.1. The van der Waals surface area contributed by atoms with Crippen LogP contribution in [0.5, 0.6) is 5.88 Å². The minimum Gasteiger partial charge on any atom is -0.481 e. The number of anilines is 2. The van der Waals surface area contributed by atoms with Gasteiger partial charge in [-0.3, -0.25) is 14.5 Å². The lowest BCUT2D eigenvalue weighted by atomic mass is 9.99. The number of fused-ring (bicyclic) bond motifs is 3. The van der Waals surface area contributed by atoms with Crippen molar-refractivity contribution in [1.29, 1.82) is 0 Å². The quantitative estimate of drug-likeness (QED) is 0.151. The van der Waals surface area contributed by atoms with Gasteiger partial charge in [-0.05, 0) is 55.4 Å². The predicted molar refractivity (Wildman–Crippen MR) is 194 cm³/mol. The van der Waals surface area contributed by atoms with Crippen LogP contribution in [0.15, 0.2) is 59.5 Å². The second-order valence-electron chi connectivity index (χ2n) is 13.4. The number of ether oxygens (including phenoxy) is 2. The number of carbonyl (C=O) groups is 1. The number of hydrogen-bond acceptors (Lipinski definition) is 9. The summed E-state index contributed by atoms with van der Waals surface area (Å²) in [7, 11) is 3.09. The molecule has 1 saturated carbocycles. The Morgan fingerprint density at radius 3 is 2.46 bits per heavy atom. The van der Waals surface area contributed by atoms with Gasteiger partial charge in [0.15, 0.2) is 0 Å². The van der Waals surface area contributed by atoms with Gasteiger partial charge in [0.2, 0.25) is 5.88 Å². The molecule has 3 aliphatic rings. The number of nitrogens with zero attached hydrogens (tertiary/aromatic N) is 5. The summed E-state index contributed by atoms with van der Waals surface area (Å²) in [4.78, 5) is 36.9. The van der Waals surface area contributed by atoms with Gasteiger partial charge in [-0.1, -0.05) is 53.5 Å². The van der Waals surface area contributed by atoms with Crippen molar-refractivity contribution in [2.45, 2.75) is 32.2 Å². The Balaban J connectivity index is 1.10. The van der Waals surface area contributed by atoms with E-state index in [1.165, 1.54) is 13.2 Å². The molecule has 1 N–H and O–H groups in total. The summed E-state index contributed by atoms with van der Waals surface area (Å²) in [6.45, 7) is 3.94. The molecule has 0 spiro atoms. The number of benzene rings is 2. The van der Waals surface area contributed by atoms with Crippen molar-refractivity contribution in [2.75, 3.05) is 32.1 Å². The maximum Gasteiger partial charge on any atom is 0.309 e. The number of carbonyl (C=O) groups excluding carboxylic acids is 1. The summed E-state index contributed by atoms with van der Waals surface area (Å²) in [5.41, 5.74) is 4.11. The molecule has 0 bridgehead atoms. The smallest absolute Gasteiger partial charge is 0.309 e. The number of hydrogen-bond donors (Lipinski definition) is 1. The average Bonchev–Trinajstić information content (AvgIpc) is 3.41.